The highest BCUT2D eigenvalue weighted by atomic mass is 32.2. The first-order valence-electron chi connectivity index (χ1n) is 12.6. The van der Waals surface area contributed by atoms with Crippen LogP contribution in [0.1, 0.15) is 34.1 Å². The number of thioether (sulfide) groups is 1. The van der Waals surface area contributed by atoms with E-state index in [9.17, 15) is 19.7 Å². The predicted octanol–water partition coefficient (Wildman–Crippen LogP) is 6.32. The van der Waals surface area contributed by atoms with Gasteiger partial charge < -0.3 is 9.30 Å². The van der Waals surface area contributed by atoms with Crippen molar-refractivity contribution in [2.24, 2.45) is 4.99 Å². The maximum atomic E-state index is 13.4. The second kappa shape index (κ2) is 11.2. The van der Waals surface area contributed by atoms with Crippen molar-refractivity contribution < 1.29 is 19.2 Å². The van der Waals surface area contributed by atoms with Crippen molar-refractivity contribution >= 4 is 57.2 Å². The summed E-state index contributed by atoms with van der Waals surface area (Å²) < 4.78 is 6.91. The van der Waals surface area contributed by atoms with Gasteiger partial charge in [0.05, 0.1) is 28.2 Å². The lowest BCUT2D eigenvalue weighted by Gasteiger charge is -2.12. The summed E-state index contributed by atoms with van der Waals surface area (Å²) in [6, 6.07) is 21.3. The predicted molar refractivity (Wildman–Crippen MR) is 157 cm³/mol. The smallest absolute Gasteiger partial charge is 0.337 e. The summed E-state index contributed by atoms with van der Waals surface area (Å²) in [7, 11) is 1.33. The van der Waals surface area contributed by atoms with Crippen LogP contribution in [0.3, 0.4) is 0 Å². The fraction of sp³-hybridized carbons (Fsp3) is 0.167. The third-order valence-electron chi connectivity index (χ3n) is 6.76. The van der Waals surface area contributed by atoms with Crippen LogP contribution < -0.4 is 0 Å². The molecule has 0 aliphatic carbocycles. The number of rotatable bonds is 7. The van der Waals surface area contributed by atoms with Crippen molar-refractivity contribution in [3.05, 3.63) is 110 Å². The lowest BCUT2D eigenvalue weighted by atomic mass is 10.1. The Bertz CT molecular complexity index is 1690. The van der Waals surface area contributed by atoms with E-state index in [-0.39, 0.29) is 11.6 Å². The minimum Gasteiger partial charge on any atom is -0.465 e. The van der Waals surface area contributed by atoms with Gasteiger partial charge in [-0.3, -0.25) is 19.8 Å². The minimum atomic E-state index is -0.423. The first-order chi connectivity index (χ1) is 19.3. The Morgan fingerprint density at radius 2 is 1.77 bits per heavy atom. The standard InChI is InChI=1S/C30H26N4O5S/c1-4-32-28(35)27(40-30(32)31-22-13-11-21(12-14-22)29(36)39-3)17-25-19(2)33(26-8-6-5-7-24(25)26)18-20-9-15-23(16-10-20)34(37)38/h5-17H,4,18H2,1-3H3/b27-17+,31-30?. The van der Waals surface area contributed by atoms with E-state index in [0.29, 0.717) is 34.4 Å². The number of esters is 1. The number of para-hydroxylation sites is 1. The Morgan fingerprint density at radius 3 is 2.42 bits per heavy atom. The Morgan fingerprint density at radius 1 is 1.07 bits per heavy atom. The molecule has 0 N–H and O–H groups in total. The molecule has 0 spiro atoms. The molecule has 40 heavy (non-hydrogen) atoms. The van der Waals surface area contributed by atoms with Crippen molar-refractivity contribution in [3.63, 3.8) is 0 Å². The number of benzene rings is 3. The van der Waals surface area contributed by atoms with E-state index in [0.717, 1.165) is 27.7 Å². The number of methoxy groups -OCH3 is 1. The first-order valence-corrected chi connectivity index (χ1v) is 13.4. The molecule has 202 valence electrons. The molecule has 0 unspecified atom stereocenters. The lowest BCUT2D eigenvalue weighted by molar-refractivity contribution is -0.384. The van der Waals surface area contributed by atoms with Crippen LogP contribution in [0.5, 0.6) is 0 Å². The summed E-state index contributed by atoms with van der Waals surface area (Å²) in [6.07, 6.45) is 1.92. The van der Waals surface area contributed by atoms with Crippen molar-refractivity contribution in [1.82, 2.24) is 9.47 Å². The molecule has 4 aromatic rings. The highest BCUT2D eigenvalue weighted by molar-refractivity contribution is 8.18. The summed E-state index contributed by atoms with van der Waals surface area (Å²) in [6.45, 7) is 4.91. The quantitative estimate of drug-likeness (QED) is 0.115. The van der Waals surface area contributed by atoms with E-state index in [1.165, 1.54) is 31.0 Å². The number of aromatic nitrogens is 1. The number of nitro groups is 1. The molecule has 1 aliphatic rings. The molecule has 0 saturated carbocycles. The fourth-order valence-electron chi connectivity index (χ4n) is 4.65. The van der Waals surface area contributed by atoms with Gasteiger partial charge in [0.2, 0.25) is 0 Å². The molecule has 3 aromatic carbocycles. The zero-order valence-electron chi connectivity index (χ0n) is 22.2. The molecule has 0 bridgehead atoms. The normalized spacial score (nSPS) is 15.4. The van der Waals surface area contributed by atoms with Crippen LogP contribution >= 0.6 is 11.8 Å². The number of amidine groups is 1. The van der Waals surface area contributed by atoms with Gasteiger partial charge in [-0.25, -0.2) is 9.79 Å². The summed E-state index contributed by atoms with van der Waals surface area (Å²) in [5.41, 5.74) is 4.96. The number of hydrogen-bond donors (Lipinski definition) is 0. The van der Waals surface area contributed by atoms with Gasteiger partial charge >= 0.3 is 5.97 Å². The molecule has 9 nitrogen and oxygen atoms in total. The molecule has 1 saturated heterocycles. The summed E-state index contributed by atoms with van der Waals surface area (Å²) >= 11 is 1.31. The number of fused-ring (bicyclic) bond motifs is 1. The Kier molecular flexibility index (Phi) is 7.52. The van der Waals surface area contributed by atoms with Gasteiger partial charge in [0, 0.05) is 47.4 Å². The number of non-ortho nitro benzene ring substituents is 1. The van der Waals surface area contributed by atoms with E-state index in [1.54, 1.807) is 41.3 Å². The van der Waals surface area contributed by atoms with Gasteiger partial charge in [0.15, 0.2) is 5.17 Å². The van der Waals surface area contributed by atoms with Crippen molar-refractivity contribution in [2.75, 3.05) is 13.7 Å². The molecule has 5 rings (SSSR count). The highest BCUT2D eigenvalue weighted by Crippen LogP contribution is 2.37. The Hall–Kier alpha value is -4.70. The number of carbonyl (C=O) groups excluding carboxylic acids is 2. The number of likely N-dealkylation sites (N-methyl/N-ethyl adjacent to an activating group) is 1. The van der Waals surface area contributed by atoms with Gasteiger partial charge in [-0.05, 0) is 67.6 Å². The number of carbonyl (C=O) groups is 2. The molecular weight excluding hydrogens is 528 g/mol. The number of aliphatic imine (C=N–C) groups is 1. The molecule has 10 heteroatoms. The second-order valence-electron chi connectivity index (χ2n) is 9.12. The van der Waals surface area contributed by atoms with Crippen LogP contribution in [0.4, 0.5) is 11.4 Å². The van der Waals surface area contributed by atoms with E-state index in [4.69, 9.17) is 4.74 Å². The van der Waals surface area contributed by atoms with Gasteiger partial charge in [-0.15, -0.1) is 0 Å². The van der Waals surface area contributed by atoms with Crippen molar-refractivity contribution in [3.8, 4) is 0 Å². The van der Waals surface area contributed by atoms with Crippen LogP contribution in [0, 0.1) is 17.0 Å². The average Bonchev–Trinajstić information content (AvgIpc) is 3.41. The van der Waals surface area contributed by atoms with Gasteiger partial charge in [-0.1, -0.05) is 30.3 Å². The maximum absolute atomic E-state index is 13.4. The van der Waals surface area contributed by atoms with Crippen molar-refractivity contribution in [2.45, 2.75) is 20.4 Å². The van der Waals surface area contributed by atoms with Gasteiger partial charge in [-0.2, -0.15) is 0 Å². The van der Waals surface area contributed by atoms with Crippen LogP contribution in [-0.4, -0.2) is 45.1 Å². The maximum Gasteiger partial charge on any atom is 0.337 e. The van der Waals surface area contributed by atoms with E-state index < -0.39 is 10.9 Å². The first kappa shape index (κ1) is 26.9. The summed E-state index contributed by atoms with van der Waals surface area (Å²) in [5, 5.41) is 12.6. The number of nitrogens with zero attached hydrogens (tertiary/aromatic N) is 4. The Balaban J connectivity index is 1.49. The molecule has 1 aliphatic heterocycles. The highest BCUT2D eigenvalue weighted by Gasteiger charge is 2.33. The summed E-state index contributed by atoms with van der Waals surface area (Å²) in [4.78, 5) is 42.7. The van der Waals surface area contributed by atoms with Crippen LogP contribution in [-0.2, 0) is 16.1 Å². The largest absolute Gasteiger partial charge is 0.465 e. The minimum absolute atomic E-state index is 0.0531. The zero-order chi connectivity index (χ0) is 28.4. The molecule has 1 amide bonds. The molecule has 1 fully saturated rings. The number of ether oxygens (including phenoxy) is 1. The SMILES string of the molecule is CCN1C(=O)/C(=C\c2c(C)n(Cc3ccc([N+](=O)[O-])cc3)c3ccccc23)SC1=Nc1ccc(C(=O)OC)cc1. The number of amides is 1. The average molecular weight is 555 g/mol. The number of hydrogen-bond acceptors (Lipinski definition) is 7. The third-order valence-corrected chi connectivity index (χ3v) is 7.77. The molecule has 0 radical (unpaired) electrons. The topological polar surface area (TPSA) is 107 Å². The van der Waals surface area contributed by atoms with Crippen molar-refractivity contribution in [1.29, 1.82) is 0 Å². The van der Waals surface area contributed by atoms with Gasteiger partial charge in [0.1, 0.15) is 0 Å². The zero-order valence-corrected chi connectivity index (χ0v) is 23.0. The van der Waals surface area contributed by atoms with Crippen LogP contribution in [0.15, 0.2) is 82.7 Å². The van der Waals surface area contributed by atoms with E-state index >= 15 is 0 Å². The van der Waals surface area contributed by atoms with E-state index in [1.807, 2.05) is 44.2 Å². The van der Waals surface area contributed by atoms with Crippen LogP contribution in [0.25, 0.3) is 17.0 Å². The monoisotopic (exact) mass is 554 g/mol. The molecule has 1 aromatic heterocycles. The second-order valence-corrected chi connectivity index (χ2v) is 10.1. The molecule has 0 atom stereocenters. The van der Waals surface area contributed by atoms with E-state index in [2.05, 4.69) is 9.56 Å². The third kappa shape index (κ3) is 5.13. The summed E-state index contributed by atoms with van der Waals surface area (Å²) in [5.74, 6) is -0.544. The van der Waals surface area contributed by atoms with Gasteiger partial charge in [0.25, 0.3) is 11.6 Å². The lowest BCUT2D eigenvalue weighted by Crippen LogP contribution is -2.28. The fourth-order valence-corrected chi connectivity index (χ4v) is 5.70. The molecular formula is C30H26N4O5S. The molecule has 2 heterocycles. The van der Waals surface area contributed by atoms with Crippen LogP contribution in [0.2, 0.25) is 0 Å². The Labute approximate surface area is 234 Å². The number of nitro benzene ring substituents is 1.